The Kier molecular flexibility index (Phi) is 6.30. The van der Waals surface area contributed by atoms with E-state index in [-0.39, 0.29) is 17.6 Å². The molecular weight excluding hydrogens is 389 g/mol. The second kappa shape index (κ2) is 8.56. The molecule has 0 spiro atoms. The Morgan fingerprint density at radius 2 is 1.86 bits per heavy atom. The molecule has 3 rings (SSSR count). The van der Waals surface area contributed by atoms with E-state index in [0.717, 1.165) is 37.9 Å². The quantitative estimate of drug-likeness (QED) is 0.559. The molecule has 2 aliphatic heterocycles. The number of nitrogens with zero attached hydrogens (tertiary/aromatic N) is 4. The maximum absolute atomic E-state index is 12.9. The minimum Gasteiger partial charge on any atom is -0.363 e. The fourth-order valence-corrected chi connectivity index (χ4v) is 4.01. The number of likely N-dealkylation sites (tertiary alicyclic amines) is 1. The van der Waals surface area contributed by atoms with Crippen molar-refractivity contribution in [2.75, 3.05) is 44.2 Å². The lowest BCUT2D eigenvalue weighted by Gasteiger charge is -2.38. The summed E-state index contributed by atoms with van der Waals surface area (Å²) in [7, 11) is 0. The van der Waals surface area contributed by atoms with Gasteiger partial charge in [-0.3, -0.25) is 19.8 Å². The molecular formula is C19H25F3N4O3. The van der Waals surface area contributed by atoms with Gasteiger partial charge in [0.25, 0.3) is 5.69 Å². The number of rotatable bonds is 4. The van der Waals surface area contributed by atoms with Gasteiger partial charge in [-0.05, 0) is 38.3 Å². The van der Waals surface area contributed by atoms with E-state index in [9.17, 15) is 28.1 Å². The van der Waals surface area contributed by atoms with Crippen LogP contribution in [0.25, 0.3) is 0 Å². The predicted octanol–water partition coefficient (Wildman–Crippen LogP) is 3.14. The Bertz CT molecular complexity index is 764. The second-order valence-corrected chi connectivity index (χ2v) is 7.65. The molecule has 1 aromatic rings. The number of benzene rings is 1. The summed E-state index contributed by atoms with van der Waals surface area (Å²) in [6.45, 7) is 4.99. The van der Waals surface area contributed by atoms with Crippen molar-refractivity contribution in [3.05, 3.63) is 33.9 Å². The Labute approximate surface area is 167 Å². The van der Waals surface area contributed by atoms with E-state index in [1.165, 1.54) is 0 Å². The third kappa shape index (κ3) is 4.98. The highest BCUT2D eigenvalue weighted by Crippen LogP contribution is 2.36. The van der Waals surface area contributed by atoms with Gasteiger partial charge in [0.2, 0.25) is 5.91 Å². The van der Waals surface area contributed by atoms with E-state index in [4.69, 9.17) is 0 Å². The first-order valence-corrected chi connectivity index (χ1v) is 9.79. The maximum atomic E-state index is 12.9. The second-order valence-electron chi connectivity index (χ2n) is 7.65. The van der Waals surface area contributed by atoms with Crippen molar-refractivity contribution in [3.8, 4) is 0 Å². The summed E-state index contributed by atoms with van der Waals surface area (Å²) in [5.74, 6) is 0.0890. The maximum Gasteiger partial charge on any atom is 0.416 e. The molecule has 2 heterocycles. The molecule has 1 amide bonds. The standard InChI is InChI=1S/C19H25F3N4O3/c1-14-4-2-3-7-25(14)18(27)13-23-8-10-24(11-9-23)16-6-5-15(19(20,21)22)12-17(16)26(28)29/h5-6,12,14H,2-4,7-11,13H2,1H3. The number of nitro benzene ring substituents is 1. The van der Waals surface area contributed by atoms with Crippen LogP contribution < -0.4 is 4.90 Å². The number of nitro groups is 1. The Morgan fingerprint density at radius 3 is 2.45 bits per heavy atom. The van der Waals surface area contributed by atoms with Crippen LogP contribution in [0.1, 0.15) is 31.7 Å². The summed E-state index contributed by atoms with van der Waals surface area (Å²) in [4.78, 5) is 28.7. The highest BCUT2D eigenvalue weighted by Gasteiger charge is 2.34. The molecule has 29 heavy (non-hydrogen) atoms. The van der Waals surface area contributed by atoms with E-state index in [1.807, 2.05) is 9.80 Å². The molecule has 2 aliphatic rings. The highest BCUT2D eigenvalue weighted by molar-refractivity contribution is 5.78. The van der Waals surface area contributed by atoms with Gasteiger partial charge < -0.3 is 9.80 Å². The van der Waals surface area contributed by atoms with Crippen molar-refractivity contribution < 1.29 is 22.9 Å². The van der Waals surface area contributed by atoms with Crippen LogP contribution in [-0.4, -0.2) is 65.9 Å². The predicted molar refractivity (Wildman–Crippen MR) is 102 cm³/mol. The molecule has 2 saturated heterocycles. The number of anilines is 1. The lowest BCUT2D eigenvalue weighted by Crippen LogP contribution is -2.52. The summed E-state index contributed by atoms with van der Waals surface area (Å²) in [6.07, 6.45) is -1.47. The lowest BCUT2D eigenvalue weighted by molar-refractivity contribution is -0.384. The number of alkyl halides is 3. The molecule has 1 unspecified atom stereocenters. The Morgan fingerprint density at radius 1 is 1.17 bits per heavy atom. The Balaban J connectivity index is 1.63. The van der Waals surface area contributed by atoms with Crippen molar-refractivity contribution in [3.63, 3.8) is 0 Å². The third-order valence-electron chi connectivity index (χ3n) is 5.69. The summed E-state index contributed by atoms with van der Waals surface area (Å²) in [6, 6.07) is 2.86. The van der Waals surface area contributed by atoms with E-state index in [2.05, 4.69) is 6.92 Å². The van der Waals surface area contributed by atoms with Gasteiger partial charge in [-0.15, -0.1) is 0 Å². The fourth-order valence-electron chi connectivity index (χ4n) is 4.01. The van der Waals surface area contributed by atoms with Gasteiger partial charge in [-0.2, -0.15) is 13.2 Å². The van der Waals surface area contributed by atoms with Crippen LogP contribution in [0, 0.1) is 10.1 Å². The number of carbonyl (C=O) groups excluding carboxylic acids is 1. The topological polar surface area (TPSA) is 69.9 Å². The number of piperidine rings is 1. The molecule has 7 nitrogen and oxygen atoms in total. The first-order valence-electron chi connectivity index (χ1n) is 9.79. The van der Waals surface area contributed by atoms with Crippen molar-refractivity contribution >= 4 is 17.3 Å². The van der Waals surface area contributed by atoms with Gasteiger partial charge in [0, 0.05) is 44.8 Å². The molecule has 0 aromatic heterocycles. The number of piperazine rings is 1. The SMILES string of the molecule is CC1CCCCN1C(=O)CN1CCN(c2ccc(C(F)(F)F)cc2[N+](=O)[O-])CC1. The molecule has 1 aromatic carbocycles. The highest BCUT2D eigenvalue weighted by atomic mass is 19.4. The van der Waals surface area contributed by atoms with Crippen LogP contribution in [0.3, 0.4) is 0 Å². The molecule has 1 atom stereocenters. The molecule has 0 N–H and O–H groups in total. The van der Waals surface area contributed by atoms with Gasteiger partial charge in [0.15, 0.2) is 0 Å². The van der Waals surface area contributed by atoms with E-state index in [0.29, 0.717) is 38.8 Å². The summed E-state index contributed by atoms with van der Waals surface area (Å²) in [5.41, 5.74) is -1.40. The van der Waals surface area contributed by atoms with Crippen molar-refractivity contribution in [1.82, 2.24) is 9.80 Å². The largest absolute Gasteiger partial charge is 0.416 e. The van der Waals surface area contributed by atoms with Gasteiger partial charge >= 0.3 is 6.18 Å². The minimum atomic E-state index is -4.63. The number of halogens is 3. The van der Waals surface area contributed by atoms with Gasteiger partial charge in [-0.1, -0.05) is 0 Å². The fraction of sp³-hybridized carbons (Fsp3) is 0.632. The average molecular weight is 414 g/mol. The van der Waals surface area contributed by atoms with Crippen molar-refractivity contribution in [1.29, 1.82) is 0 Å². The average Bonchev–Trinajstić information content (AvgIpc) is 2.67. The molecule has 0 bridgehead atoms. The molecule has 0 radical (unpaired) electrons. The number of hydrogen-bond acceptors (Lipinski definition) is 5. The van der Waals surface area contributed by atoms with E-state index < -0.39 is 22.4 Å². The lowest BCUT2D eigenvalue weighted by atomic mass is 10.0. The van der Waals surface area contributed by atoms with Crippen LogP contribution in [0.5, 0.6) is 0 Å². The zero-order valence-electron chi connectivity index (χ0n) is 16.3. The number of amides is 1. The van der Waals surface area contributed by atoms with Crippen LogP contribution >= 0.6 is 0 Å². The molecule has 10 heteroatoms. The summed E-state index contributed by atoms with van der Waals surface area (Å²) < 4.78 is 38.6. The normalized spacial score (nSPS) is 21.3. The molecule has 0 saturated carbocycles. The summed E-state index contributed by atoms with van der Waals surface area (Å²) in [5, 5.41) is 11.3. The van der Waals surface area contributed by atoms with Crippen LogP contribution in [0.15, 0.2) is 18.2 Å². The molecule has 0 aliphatic carbocycles. The van der Waals surface area contributed by atoms with Crippen LogP contribution in [0.4, 0.5) is 24.5 Å². The third-order valence-corrected chi connectivity index (χ3v) is 5.69. The number of carbonyl (C=O) groups is 1. The minimum absolute atomic E-state index is 0.0890. The smallest absolute Gasteiger partial charge is 0.363 e. The van der Waals surface area contributed by atoms with Crippen molar-refractivity contribution in [2.45, 2.75) is 38.4 Å². The van der Waals surface area contributed by atoms with E-state index >= 15 is 0 Å². The van der Waals surface area contributed by atoms with Crippen LogP contribution in [0.2, 0.25) is 0 Å². The first kappa shape index (κ1) is 21.4. The summed E-state index contributed by atoms with van der Waals surface area (Å²) >= 11 is 0. The van der Waals surface area contributed by atoms with E-state index in [1.54, 1.807) is 4.90 Å². The molecule has 160 valence electrons. The zero-order chi connectivity index (χ0) is 21.2. The van der Waals surface area contributed by atoms with Crippen molar-refractivity contribution in [2.24, 2.45) is 0 Å². The first-order chi connectivity index (χ1) is 13.7. The Hall–Kier alpha value is -2.36. The monoisotopic (exact) mass is 414 g/mol. The van der Waals surface area contributed by atoms with Gasteiger partial charge in [0.1, 0.15) is 5.69 Å². The zero-order valence-corrected chi connectivity index (χ0v) is 16.3. The van der Waals surface area contributed by atoms with Gasteiger partial charge in [-0.25, -0.2) is 0 Å². The van der Waals surface area contributed by atoms with Gasteiger partial charge in [0.05, 0.1) is 17.0 Å². The molecule has 2 fully saturated rings. The number of hydrogen-bond donors (Lipinski definition) is 0. The van der Waals surface area contributed by atoms with Crippen LogP contribution in [-0.2, 0) is 11.0 Å².